The molecule has 1 saturated carbocycles. The lowest BCUT2D eigenvalue weighted by molar-refractivity contribution is 0.139. The summed E-state index contributed by atoms with van der Waals surface area (Å²) in [5.41, 5.74) is 9.08. The van der Waals surface area contributed by atoms with Crippen molar-refractivity contribution < 1.29 is 0 Å². The standard InChI is InChI=1S/C15H19N3/c16-9-12-4-5-14(13(17)8-12)18-10-15(11-18)6-2-1-3-7-15/h4-5,8H,1-3,6-7,10-11,17H2. The highest BCUT2D eigenvalue weighted by Crippen LogP contribution is 2.46. The van der Waals surface area contributed by atoms with E-state index in [0.717, 1.165) is 24.5 Å². The molecule has 0 atom stereocenters. The monoisotopic (exact) mass is 241 g/mol. The lowest BCUT2D eigenvalue weighted by Gasteiger charge is -2.53. The maximum Gasteiger partial charge on any atom is 0.0992 e. The lowest BCUT2D eigenvalue weighted by atomic mass is 9.68. The first-order valence-electron chi connectivity index (χ1n) is 6.77. The second kappa shape index (κ2) is 4.20. The highest BCUT2D eigenvalue weighted by atomic mass is 15.2. The Morgan fingerprint density at radius 2 is 1.89 bits per heavy atom. The van der Waals surface area contributed by atoms with E-state index in [4.69, 9.17) is 11.0 Å². The van der Waals surface area contributed by atoms with Gasteiger partial charge in [0.25, 0.3) is 0 Å². The van der Waals surface area contributed by atoms with Gasteiger partial charge in [-0.15, -0.1) is 0 Å². The molecular formula is C15H19N3. The highest BCUT2D eigenvalue weighted by Gasteiger charge is 2.43. The molecule has 1 aliphatic carbocycles. The van der Waals surface area contributed by atoms with Gasteiger partial charge in [0.05, 0.1) is 23.0 Å². The van der Waals surface area contributed by atoms with Crippen LogP contribution in [0.15, 0.2) is 18.2 Å². The van der Waals surface area contributed by atoms with E-state index in [1.54, 1.807) is 6.07 Å². The van der Waals surface area contributed by atoms with Crippen molar-refractivity contribution >= 4 is 11.4 Å². The normalized spacial score (nSPS) is 21.4. The van der Waals surface area contributed by atoms with Gasteiger partial charge in [-0.05, 0) is 31.0 Å². The van der Waals surface area contributed by atoms with E-state index in [0.29, 0.717) is 11.0 Å². The smallest absolute Gasteiger partial charge is 0.0992 e. The molecule has 0 bridgehead atoms. The molecule has 1 heterocycles. The van der Waals surface area contributed by atoms with Crippen molar-refractivity contribution in [2.75, 3.05) is 23.7 Å². The van der Waals surface area contributed by atoms with Gasteiger partial charge in [0, 0.05) is 18.5 Å². The molecular weight excluding hydrogens is 222 g/mol. The summed E-state index contributed by atoms with van der Waals surface area (Å²) in [5, 5.41) is 8.84. The van der Waals surface area contributed by atoms with E-state index in [9.17, 15) is 0 Å². The largest absolute Gasteiger partial charge is 0.397 e. The fraction of sp³-hybridized carbons (Fsp3) is 0.533. The van der Waals surface area contributed by atoms with Crippen LogP contribution in [0, 0.1) is 16.7 Å². The van der Waals surface area contributed by atoms with Crippen LogP contribution < -0.4 is 10.6 Å². The molecule has 1 spiro atoms. The molecule has 2 fully saturated rings. The Hall–Kier alpha value is -1.69. The molecule has 1 aliphatic heterocycles. The molecule has 3 heteroatoms. The van der Waals surface area contributed by atoms with Crippen LogP contribution >= 0.6 is 0 Å². The summed E-state index contributed by atoms with van der Waals surface area (Å²) in [6.07, 6.45) is 6.92. The summed E-state index contributed by atoms with van der Waals surface area (Å²) in [6.45, 7) is 2.28. The number of hydrogen-bond donors (Lipinski definition) is 1. The molecule has 0 amide bonds. The zero-order valence-corrected chi connectivity index (χ0v) is 10.7. The molecule has 2 aliphatic rings. The van der Waals surface area contributed by atoms with Gasteiger partial charge in [0.1, 0.15) is 0 Å². The first-order chi connectivity index (χ1) is 8.72. The van der Waals surface area contributed by atoms with E-state index in [1.165, 1.54) is 32.1 Å². The van der Waals surface area contributed by atoms with Crippen LogP contribution in [0.3, 0.4) is 0 Å². The number of hydrogen-bond acceptors (Lipinski definition) is 3. The van der Waals surface area contributed by atoms with Gasteiger partial charge < -0.3 is 10.6 Å². The van der Waals surface area contributed by atoms with E-state index < -0.39 is 0 Å². The van der Waals surface area contributed by atoms with Crippen LogP contribution in [0.2, 0.25) is 0 Å². The van der Waals surface area contributed by atoms with Crippen molar-refractivity contribution in [1.29, 1.82) is 5.26 Å². The van der Waals surface area contributed by atoms with Gasteiger partial charge in [-0.2, -0.15) is 5.26 Å². The maximum atomic E-state index is 8.84. The van der Waals surface area contributed by atoms with Crippen LogP contribution in [-0.2, 0) is 0 Å². The topological polar surface area (TPSA) is 53.0 Å². The van der Waals surface area contributed by atoms with Crippen molar-refractivity contribution in [1.82, 2.24) is 0 Å². The van der Waals surface area contributed by atoms with Crippen molar-refractivity contribution in [2.24, 2.45) is 5.41 Å². The van der Waals surface area contributed by atoms with E-state index in [-0.39, 0.29) is 0 Å². The van der Waals surface area contributed by atoms with Gasteiger partial charge in [0.15, 0.2) is 0 Å². The Labute approximate surface area is 108 Å². The Morgan fingerprint density at radius 1 is 1.17 bits per heavy atom. The molecule has 3 nitrogen and oxygen atoms in total. The molecule has 0 aromatic heterocycles. The van der Waals surface area contributed by atoms with Crippen molar-refractivity contribution in [3.63, 3.8) is 0 Å². The Kier molecular flexibility index (Phi) is 2.66. The van der Waals surface area contributed by atoms with Crippen LogP contribution in [-0.4, -0.2) is 13.1 Å². The van der Waals surface area contributed by atoms with Crippen LogP contribution in [0.4, 0.5) is 11.4 Å². The number of rotatable bonds is 1. The molecule has 0 unspecified atom stereocenters. The SMILES string of the molecule is N#Cc1ccc(N2CC3(CCCCC3)C2)c(N)c1. The zero-order chi connectivity index (χ0) is 12.6. The van der Waals surface area contributed by atoms with E-state index >= 15 is 0 Å². The number of nitrogen functional groups attached to an aromatic ring is 1. The minimum atomic E-state index is 0.568. The van der Waals surface area contributed by atoms with Crippen LogP contribution in [0.5, 0.6) is 0 Å². The fourth-order valence-electron chi connectivity index (χ4n) is 3.46. The van der Waals surface area contributed by atoms with Crippen molar-refractivity contribution in [3.05, 3.63) is 23.8 Å². The molecule has 0 radical (unpaired) electrons. The predicted molar refractivity (Wildman–Crippen MR) is 73.3 cm³/mol. The minimum Gasteiger partial charge on any atom is -0.397 e. The fourth-order valence-corrected chi connectivity index (χ4v) is 3.46. The number of nitriles is 1. The van der Waals surface area contributed by atoms with E-state index in [2.05, 4.69) is 11.0 Å². The lowest BCUT2D eigenvalue weighted by Crippen LogP contribution is -2.57. The summed E-state index contributed by atoms with van der Waals surface area (Å²) in [6, 6.07) is 7.76. The third kappa shape index (κ3) is 1.82. The number of nitrogens with two attached hydrogens (primary N) is 1. The first-order valence-corrected chi connectivity index (χ1v) is 6.77. The zero-order valence-electron chi connectivity index (χ0n) is 10.7. The molecule has 2 N–H and O–H groups in total. The second-order valence-corrected chi connectivity index (χ2v) is 5.80. The number of nitrogens with zero attached hydrogens (tertiary/aromatic N) is 2. The summed E-state index contributed by atoms with van der Waals surface area (Å²) in [5.74, 6) is 0. The predicted octanol–water partition coefficient (Wildman–Crippen LogP) is 2.91. The second-order valence-electron chi connectivity index (χ2n) is 5.80. The maximum absolute atomic E-state index is 8.84. The highest BCUT2D eigenvalue weighted by molar-refractivity contribution is 5.70. The van der Waals surface area contributed by atoms with Gasteiger partial charge in [-0.3, -0.25) is 0 Å². The van der Waals surface area contributed by atoms with Gasteiger partial charge in [0.2, 0.25) is 0 Å². The van der Waals surface area contributed by atoms with Crippen LogP contribution in [0.25, 0.3) is 0 Å². The van der Waals surface area contributed by atoms with Gasteiger partial charge in [-0.1, -0.05) is 19.3 Å². The third-order valence-corrected chi connectivity index (χ3v) is 4.46. The van der Waals surface area contributed by atoms with Crippen LogP contribution in [0.1, 0.15) is 37.7 Å². The summed E-state index contributed by atoms with van der Waals surface area (Å²) >= 11 is 0. The molecule has 1 aromatic rings. The van der Waals surface area contributed by atoms with Gasteiger partial charge in [-0.25, -0.2) is 0 Å². The quantitative estimate of drug-likeness (QED) is 0.769. The van der Waals surface area contributed by atoms with E-state index in [1.807, 2.05) is 12.1 Å². The first kappa shape index (κ1) is 11.4. The number of anilines is 2. The molecule has 3 rings (SSSR count). The summed E-state index contributed by atoms with van der Waals surface area (Å²) < 4.78 is 0. The minimum absolute atomic E-state index is 0.568. The molecule has 1 saturated heterocycles. The third-order valence-electron chi connectivity index (χ3n) is 4.46. The van der Waals surface area contributed by atoms with Crippen molar-refractivity contribution in [3.8, 4) is 6.07 Å². The Balaban J connectivity index is 1.73. The Bertz CT molecular complexity index is 487. The molecule has 18 heavy (non-hydrogen) atoms. The van der Waals surface area contributed by atoms with Crippen molar-refractivity contribution in [2.45, 2.75) is 32.1 Å². The Morgan fingerprint density at radius 3 is 2.50 bits per heavy atom. The summed E-state index contributed by atoms with van der Waals surface area (Å²) in [4.78, 5) is 2.36. The van der Waals surface area contributed by atoms with Gasteiger partial charge >= 0.3 is 0 Å². The average molecular weight is 241 g/mol. The number of benzene rings is 1. The average Bonchev–Trinajstić information content (AvgIpc) is 2.37. The molecule has 1 aromatic carbocycles. The summed E-state index contributed by atoms with van der Waals surface area (Å²) in [7, 11) is 0. The molecule has 94 valence electrons.